The average molecular weight is 435 g/mol. The third-order valence-corrected chi connectivity index (χ3v) is 5.79. The number of amides is 1. The minimum atomic E-state index is -0.171. The zero-order chi connectivity index (χ0) is 22.1. The second kappa shape index (κ2) is 8.40. The fourth-order valence-electron chi connectivity index (χ4n) is 3.71. The van der Waals surface area contributed by atoms with Gasteiger partial charge in [0, 0.05) is 47.4 Å². The standard InChI is InChI=1S/C24H23ClN4O2/c1-4-29-15(2)16(13-26-29)14-28(3)24(31)19-12-21(18-8-5-6-10-20(18)25)27-23-17(19)9-7-11-22(23)30/h5-13,30H,4,14H2,1-3H3. The molecular weight excluding hydrogens is 412 g/mol. The van der Waals surface area contributed by atoms with Crippen LogP contribution in [-0.2, 0) is 13.1 Å². The number of para-hydroxylation sites is 1. The van der Waals surface area contributed by atoms with Gasteiger partial charge in [0.1, 0.15) is 11.3 Å². The van der Waals surface area contributed by atoms with Crippen molar-refractivity contribution in [1.29, 1.82) is 0 Å². The lowest BCUT2D eigenvalue weighted by Crippen LogP contribution is -2.26. The van der Waals surface area contributed by atoms with Crippen molar-refractivity contribution in [1.82, 2.24) is 19.7 Å². The Morgan fingerprint density at radius 2 is 1.97 bits per heavy atom. The van der Waals surface area contributed by atoms with E-state index in [0.717, 1.165) is 17.8 Å². The zero-order valence-corrected chi connectivity index (χ0v) is 18.4. The van der Waals surface area contributed by atoms with E-state index in [4.69, 9.17) is 11.6 Å². The summed E-state index contributed by atoms with van der Waals surface area (Å²) in [6.45, 7) is 5.23. The Balaban J connectivity index is 1.80. The maximum absolute atomic E-state index is 13.5. The number of halogens is 1. The Bertz CT molecular complexity index is 1280. The molecule has 6 nitrogen and oxygen atoms in total. The highest BCUT2D eigenvalue weighted by Crippen LogP contribution is 2.33. The first-order valence-corrected chi connectivity index (χ1v) is 10.4. The molecule has 0 spiro atoms. The minimum Gasteiger partial charge on any atom is -0.506 e. The lowest BCUT2D eigenvalue weighted by Gasteiger charge is -2.19. The normalized spacial score (nSPS) is 11.1. The van der Waals surface area contributed by atoms with Crippen LogP contribution in [0.15, 0.2) is 54.7 Å². The fourth-order valence-corrected chi connectivity index (χ4v) is 3.94. The molecular formula is C24H23ClN4O2. The number of benzene rings is 2. The lowest BCUT2D eigenvalue weighted by atomic mass is 10.0. The number of rotatable bonds is 5. The van der Waals surface area contributed by atoms with E-state index in [1.54, 1.807) is 48.5 Å². The number of fused-ring (bicyclic) bond motifs is 1. The van der Waals surface area contributed by atoms with Crippen molar-refractivity contribution in [3.8, 4) is 17.0 Å². The smallest absolute Gasteiger partial charge is 0.254 e. The van der Waals surface area contributed by atoms with Crippen molar-refractivity contribution in [3.63, 3.8) is 0 Å². The van der Waals surface area contributed by atoms with E-state index in [1.165, 1.54) is 0 Å². The van der Waals surface area contributed by atoms with Gasteiger partial charge in [0.2, 0.25) is 0 Å². The number of carbonyl (C=O) groups is 1. The third kappa shape index (κ3) is 3.86. The highest BCUT2D eigenvalue weighted by Gasteiger charge is 2.21. The van der Waals surface area contributed by atoms with E-state index in [0.29, 0.717) is 39.3 Å². The van der Waals surface area contributed by atoms with Crippen molar-refractivity contribution >= 4 is 28.4 Å². The van der Waals surface area contributed by atoms with Gasteiger partial charge in [-0.3, -0.25) is 9.48 Å². The monoisotopic (exact) mass is 434 g/mol. The molecule has 0 radical (unpaired) electrons. The molecule has 0 aliphatic carbocycles. The Morgan fingerprint density at radius 1 is 1.19 bits per heavy atom. The topological polar surface area (TPSA) is 71.2 Å². The predicted octanol–water partition coefficient (Wildman–Crippen LogP) is 5.06. The summed E-state index contributed by atoms with van der Waals surface area (Å²) in [5.41, 5.74) is 4.09. The Kier molecular flexibility index (Phi) is 5.65. The highest BCUT2D eigenvalue weighted by atomic mass is 35.5. The number of hydrogen-bond donors (Lipinski definition) is 1. The molecule has 0 fully saturated rings. The SMILES string of the molecule is CCn1ncc(CN(C)C(=O)c2cc(-c3ccccc3Cl)nc3c(O)cccc23)c1C. The summed E-state index contributed by atoms with van der Waals surface area (Å²) in [5, 5.41) is 15.9. The van der Waals surface area contributed by atoms with Gasteiger partial charge in [-0.1, -0.05) is 41.9 Å². The van der Waals surface area contributed by atoms with E-state index in [-0.39, 0.29) is 11.7 Å². The highest BCUT2D eigenvalue weighted by molar-refractivity contribution is 6.33. The summed E-state index contributed by atoms with van der Waals surface area (Å²) in [6.07, 6.45) is 1.80. The number of phenolic OH excluding ortho intramolecular Hbond substituents is 1. The van der Waals surface area contributed by atoms with E-state index in [9.17, 15) is 9.90 Å². The van der Waals surface area contributed by atoms with Crippen molar-refractivity contribution in [2.45, 2.75) is 26.9 Å². The summed E-state index contributed by atoms with van der Waals surface area (Å²) < 4.78 is 1.91. The Morgan fingerprint density at radius 3 is 2.68 bits per heavy atom. The van der Waals surface area contributed by atoms with Crippen LogP contribution in [0.1, 0.15) is 28.5 Å². The molecule has 0 unspecified atom stereocenters. The molecule has 2 aromatic carbocycles. The maximum Gasteiger partial charge on any atom is 0.254 e. The zero-order valence-electron chi connectivity index (χ0n) is 17.6. The molecule has 158 valence electrons. The van der Waals surface area contributed by atoms with E-state index >= 15 is 0 Å². The molecule has 4 aromatic rings. The fraction of sp³-hybridized carbons (Fsp3) is 0.208. The van der Waals surface area contributed by atoms with Gasteiger partial charge in [0.25, 0.3) is 5.91 Å². The van der Waals surface area contributed by atoms with Crippen molar-refractivity contribution in [3.05, 3.63) is 76.6 Å². The number of carbonyl (C=O) groups excluding carboxylic acids is 1. The molecule has 0 aliphatic rings. The van der Waals surface area contributed by atoms with Crippen molar-refractivity contribution in [2.24, 2.45) is 0 Å². The van der Waals surface area contributed by atoms with E-state index in [2.05, 4.69) is 10.1 Å². The third-order valence-electron chi connectivity index (χ3n) is 5.46. The summed E-state index contributed by atoms with van der Waals surface area (Å²) in [5.74, 6) is -0.155. The molecule has 4 rings (SSSR count). The molecule has 7 heteroatoms. The average Bonchev–Trinajstić information content (AvgIpc) is 3.12. The van der Waals surface area contributed by atoms with Crippen molar-refractivity contribution < 1.29 is 9.90 Å². The quantitative estimate of drug-likeness (QED) is 0.476. The number of hydrogen-bond acceptors (Lipinski definition) is 4. The number of nitrogens with zero attached hydrogens (tertiary/aromatic N) is 4. The molecule has 31 heavy (non-hydrogen) atoms. The van der Waals surface area contributed by atoms with Crippen LogP contribution in [-0.4, -0.2) is 37.7 Å². The van der Waals surface area contributed by atoms with Crippen LogP contribution in [0.4, 0.5) is 0 Å². The van der Waals surface area contributed by atoms with Crippen LogP contribution in [0.2, 0.25) is 5.02 Å². The predicted molar refractivity (Wildman–Crippen MR) is 122 cm³/mol. The summed E-state index contributed by atoms with van der Waals surface area (Å²) in [4.78, 5) is 19.7. The molecule has 1 N–H and O–H groups in total. The number of pyridine rings is 1. The van der Waals surface area contributed by atoms with Gasteiger partial charge in [0.05, 0.1) is 17.5 Å². The second-order valence-corrected chi connectivity index (χ2v) is 7.85. The molecule has 0 atom stereocenters. The Labute approximate surface area is 185 Å². The van der Waals surface area contributed by atoms with Gasteiger partial charge in [-0.2, -0.15) is 5.10 Å². The van der Waals surface area contributed by atoms with Crippen LogP contribution in [0, 0.1) is 6.92 Å². The summed E-state index contributed by atoms with van der Waals surface area (Å²) in [7, 11) is 1.76. The molecule has 2 heterocycles. The number of aryl methyl sites for hydroxylation is 1. The lowest BCUT2D eigenvalue weighted by molar-refractivity contribution is 0.0787. The maximum atomic E-state index is 13.5. The number of phenols is 1. The Hall–Kier alpha value is -3.38. The van der Waals surface area contributed by atoms with Crippen LogP contribution >= 0.6 is 11.6 Å². The largest absolute Gasteiger partial charge is 0.506 e. The molecule has 1 amide bonds. The van der Waals surface area contributed by atoms with Gasteiger partial charge in [0.15, 0.2) is 0 Å². The molecule has 0 bridgehead atoms. The van der Waals surface area contributed by atoms with E-state index in [1.807, 2.05) is 36.7 Å². The first-order valence-electron chi connectivity index (χ1n) is 10.0. The van der Waals surface area contributed by atoms with Gasteiger partial charge < -0.3 is 10.0 Å². The van der Waals surface area contributed by atoms with Crippen LogP contribution in [0.25, 0.3) is 22.2 Å². The van der Waals surface area contributed by atoms with Gasteiger partial charge in [-0.05, 0) is 32.0 Å². The first kappa shape index (κ1) is 20.9. The van der Waals surface area contributed by atoms with E-state index < -0.39 is 0 Å². The van der Waals surface area contributed by atoms with Crippen LogP contribution in [0.5, 0.6) is 5.75 Å². The first-order chi connectivity index (χ1) is 14.9. The minimum absolute atomic E-state index is 0.0168. The van der Waals surface area contributed by atoms with Gasteiger partial charge in [-0.25, -0.2) is 4.98 Å². The van der Waals surface area contributed by atoms with Gasteiger partial charge in [-0.15, -0.1) is 0 Å². The van der Waals surface area contributed by atoms with Crippen molar-refractivity contribution in [2.75, 3.05) is 7.05 Å². The summed E-state index contributed by atoms with van der Waals surface area (Å²) in [6, 6.07) is 14.1. The molecule has 2 aromatic heterocycles. The van der Waals surface area contributed by atoms with Gasteiger partial charge >= 0.3 is 0 Å². The molecule has 0 aliphatic heterocycles. The number of aromatic hydroxyl groups is 1. The van der Waals surface area contributed by atoms with Crippen LogP contribution < -0.4 is 0 Å². The summed E-state index contributed by atoms with van der Waals surface area (Å²) >= 11 is 6.38. The molecule has 0 saturated carbocycles. The second-order valence-electron chi connectivity index (χ2n) is 7.44. The van der Waals surface area contributed by atoms with Crippen LogP contribution in [0.3, 0.4) is 0 Å². The number of aromatic nitrogens is 3. The molecule has 0 saturated heterocycles.